The molecular weight excluding hydrogens is 363 g/mol. The molecule has 2 aromatic carbocycles. The lowest BCUT2D eigenvalue weighted by molar-refractivity contribution is -0.160. The average Bonchev–Trinajstić information content (AvgIpc) is 2.73. The van der Waals surface area contributed by atoms with E-state index in [9.17, 15) is 9.18 Å². The summed E-state index contributed by atoms with van der Waals surface area (Å²) in [6.45, 7) is 12.2. The van der Waals surface area contributed by atoms with Crippen LogP contribution < -0.4 is 0 Å². The van der Waals surface area contributed by atoms with Gasteiger partial charge in [-0.05, 0) is 80.0 Å². The molecule has 1 aliphatic heterocycles. The smallest absolute Gasteiger partial charge is 0.195 e. The van der Waals surface area contributed by atoms with Gasteiger partial charge in [0.2, 0.25) is 0 Å². The molecule has 0 amide bonds. The number of halogens is 1. The van der Waals surface area contributed by atoms with Gasteiger partial charge < -0.3 is 4.74 Å². The van der Waals surface area contributed by atoms with E-state index < -0.39 is 11.2 Å². The van der Waals surface area contributed by atoms with Gasteiger partial charge in [0.25, 0.3) is 0 Å². The van der Waals surface area contributed by atoms with Crippen LogP contribution in [0.1, 0.15) is 65.5 Å². The van der Waals surface area contributed by atoms with E-state index in [1.165, 1.54) is 12.1 Å². The maximum Gasteiger partial charge on any atom is 0.195 e. The summed E-state index contributed by atoms with van der Waals surface area (Å²) in [5.74, 6) is -0.181. The van der Waals surface area contributed by atoms with Crippen molar-refractivity contribution in [2.75, 3.05) is 0 Å². The molecule has 2 atom stereocenters. The lowest BCUT2D eigenvalue weighted by Gasteiger charge is -2.45. The molecule has 3 heteroatoms. The first kappa shape index (κ1) is 21.4. The van der Waals surface area contributed by atoms with Crippen molar-refractivity contribution in [3.05, 3.63) is 65.0 Å². The zero-order valence-corrected chi connectivity index (χ0v) is 18.4. The molecule has 3 rings (SSSR count). The van der Waals surface area contributed by atoms with Crippen LogP contribution >= 0.6 is 0 Å². The van der Waals surface area contributed by atoms with E-state index in [0.29, 0.717) is 6.42 Å². The highest BCUT2D eigenvalue weighted by Crippen LogP contribution is 2.45. The molecule has 0 saturated carbocycles. The molecule has 0 aromatic heterocycles. The quantitative estimate of drug-likeness (QED) is 0.560. The van der Waals surface area contributed by atoms with E-state index in [1.54, 1.807) is 12.1 Å². The molecule has 1 heterocycles. The van der Waals surface area contributed by atoms with Crippen LogP contribution in [0.15, 0.2) is 48.0 Å². The summed E-state index contributed by atoms with van der Waals surface area (Å²) >= 11 is 0. The summed E-state index contributed by atoms with van der Waals surface area (Å²) in [5, 5.41) is 0. The number of Topliss-reactive ketones (excluding diaryl/α,β-unsaturated/α-hetero) is 1. The highest BCUT2D eigenvalue weighted by molar-refractivity contribution is 6.26. The normalized spacial score (nSPS) is 24.9. The molecule has 0 fully saturated rings. The Hall–Kier alpha value is -2.26. The Labute approximate surface area is 173 Å². The first-order valence-electron chi connectivity index (χ1n) is 10.5. The van der Waals surface area contributed by atoms with Crippen molar-refractivity contribution < 1.29 is 13.9 Å². The van der Waals surface area contributed by atoms with Gasteiger partial charge in [0.15, 0.2) is 5.78 Å². The molecule has 2 nitrogen and oxygen atoms in total. The van der Waals surface area contributed by atoms with Crippen molar-refractivity contribution in [2.24, 2.45) is 0 Å². The summed E-state index contributed by atoms with van der Waals surface area (Å²) in [6.07, 6.45) is 2.24. The van der Waals surface area contributed by atoms with Gasteiger partial charge in [0.1, 0.15) is 11.4 Å². The summed E-state index contributed by atoms with van der Waals surface area (Å²) in [7, 11) is 0. The van der Waals surface area contributed by atoms with Crippen LogP contribution in [-0.2, 0) is 16.0 Å². The lowest BCUT2D eigenvalue weighted by atomic mass is 9.75. The number of ketones is 1. The standard InChI is InChI=1S/C26H31FO2/c1-7-18-16-20(19-10-13-21(27)14-11-19)12-15-22(18)23-17(4)25(5,8-2)29-26(6,9-3)24(23)28/h10-16H,7-9H2,1-6H3. The van der Waals surface area contributed by atoms with Crippen molar-refractivity contribution in [2.45, 2.75) is 72.0 Å². The fourth-order valence-electron chi connectivity index (χ4n) is 4.17. The van der Waals surface area contributed by atoms with Crippen LogP contribution in [0.4, 0.5) is 4.39 Å². The molecule has 0 saturated heterocycles. The maximum absolute atomic E-state index is 13.5. The number of hydrogen-bond acceptors (Lipinski definition) is 2. The van der Waals surface area contributed by atoms with E-state index in [1.807, 2.05) is 32.9 Å². The first-order chi connectivity index (χ1) is 13.7. The summed E-state index contributed by atoms with van der Waals surface area (Å²) in [6, 6.07) is 12.7. The zero-order chi connectivity index (χ0) is 21.4. The molecule has 154 valence electrons. The van der Waals surface area contributed by atoms with Gasteiger partial charge in [-0.1, -0.05) is 51.1 Å². The topological polar surface area (TPSA) is 26.3 Å². The monoisotopic (exact) mass is 394 g/mol. The summed E-state index contributed by atoms with van der Waals surface area (Å²) in [5.41, 5.74) is 4.62. The number of benzene rings is 2. The van der Waals surface area contributed by atoms with Crippen LogP contribution in [0.3, 0.4) is 0 Å². The van der Waals surface area contributed by atoms with Gasteiger partial charge in [-0.3, -0.25) is 4.79 Å². The Kier molecular flexibility index (Phi) is 5.82. The third-order valence-electron chi connectivity index (χ3n) is 6.61. The Morgan fingerprint density at radius 2 is 1.48 bits per heavy atom. The van der Waals surface area contributed by atoms with Gasteiger partial charge >= 0.3 is 0 Å². The number of carbonyl (C=O) groups excluding carboxylic acids is 1. The van der Waals surface area contributed by atoms with Crippen LogP contribution in [0.5, 0.6) is 0 Å². The van der Waals surface area contributed by atoms with Gasteiger partial charge in [-0.2, -0.15) is 0 Å². The molecule has 29 heavy (non-hydrogen) atoms. The van der Waals surface area contributed by atoms with E-state index >= 15 is 0 Å². The highest BCUT2D eigenvalue weighted by Gasteiger charge is 2.48. The first-order valence-corrected chi connectivity index (χ1v) is 10.5. The third-order valence-corrected chi connectivity index (χ3v) is 6.61. The molecule has 0 bridgehead atoms. The second-order valence-corrected chi connectivity index (χ2v) is 8.33. The Morgan fingerprint density at radius 3 is 2.03 bits per heavy atom. The van der Waals surface area contributed by atoms with Gasteiger partial charge in [-0.25, -0.2) is 4.39 Å². The second kappa shape index (κ2) is 7.87. The second-order valence-electron chi connectivity index (χ2n) is 8.33. The fourth-order valence-corrected chi connectivity index (χ4v) is 4.17. The van der Waals surface area contributed by atoms with E-state index in [2.05, 4.69) is 26.8 Å². The molecule has 1 aliphatic rings. The van der Waals surface area contributed by atoms with Crippen molar-refractivity contribution >= 4 is 11.4 Å². The minimum Gasteiger partial charge on any atom is -0.357 e. The predicted octanol–water partition coefficient (Wildman–Crippen LogP) is 6.77. The minimum atomic E-state index is -0.819. The van der Waals surface area contributed by atoms with E-state index in [4.69, 9.17) is 4.74 Å². The molecule has 0 aliphatic carbocycles. The highest BCUT2D eigenvalue weighted by atomic mass is 19.1. The lowest BCUT2D eigenvalue weighted by Crippen LogP contribution is -2.51. The Balaban J connectivity index is 2.18. The number of hydrogen-bond donors (Lipinski definition) is 0. The van der Waals surface area contributed by atoms with Gasteiger partial charge in [-0.15, -0.1) is 0 Å². The molecular formula is C26H31FO2. The Morgan fingerprint density at radius 1 is 0.897 bits per heavy atom. The fraction of sp³-hybridized carbons (Fsp3) is 0.423. The van der Waals surface area contributed by atoms with Crippen LogP contribution in [0, 0.1) is 5.82 Å². The zero-order valence-electron chi connectivity index (χ0n) is 18.4. The van der Waals surface area contributed by atoms with E-state index in [0.717, 1.165) is 46.2 Å². The van der Waals surface area contributed by atoms with E-state index in [-0.39, 0.29) is 11.6 Å². The maximum atomic E-state index is 13.5. The molecule has 0 spiro atoms. The Bertz CT molecular complexity index is 957. The van der Waals surface area contributed by atoms with Crippen molar-refractivity contribution in [3.8, 4) is 11.1 Å². The SMILES string of the molecule is CCc1cc(-c2ccc(F)cc2)ccc1C1=C(C)C(C)(CC)OC(C)(CC)C1=O. The molecule has 2 unspecified atom stereocenters. The number of rotatable bonds is 5. The number of ether oxygens (including phenoxy) is 1. The molecule has 0 radical (unpaired) electrons. The average molecular weight is 395 g/mol. The van der Waals surface area contributed by atoms with Crippen LogP contribution in [0.25, 0.3) is 16.7 Å². The van der Waals surface area contributed by atoms with Crippen LogP contribution in [-0.4, -0.2) is 17.0 Å². The van der Waals surface area contributed by atoms with Crippen molar-refractivity contribution in [1.29, 1.82) is 0 Å². The number of carbonyl (C=O) groups is 1. The van der Waals surface area contributed by atoms with Crippen LogP contribution in [0.2, 0.25) is 0 Å². The molecule has 0 N–H and O–H groups in total. The molecule has 2 aromatic rings. The van der Waals surface area contributed by atoms with Gasteiger partial charge in [0.05, 0.1) is 5.60 Å². The largest absolute Gasteiger partial charge is 0.357 e. The minimum absolute atomic E-state index is 0.0626. The summed E-state index contributed by atoms with van der Waals surface area (Å²) < 4.78 is 19.7. The van der Waals surface area contributed by atoms with Crippen molar-refractivity contribution in [3.63, 3.8) is 0 Å². The van der Waals surface area contributed by atoms with Crippen molar-refractivity contribution in [1.82, 2.24) is 0 Å². The predicted molar refractivity (Wildman–Crippen MR) is 117 cm³/mol. The number of aryl methyl sites for hydroxylation is 1. The third kappa shape index (κ3) is 3.69. The van der Waals surface area contributed by atoms with Gasteiger partial charge in [0, 0.05) is 5.57 Å². The summed E-state index contributed by atoms with van der Waals surface area (Å²) in [4.78, 5) is 13.5.